The molecule has 1 fully saturated rings. The molecule has 12 heavy (non-hydrogen) atoms. The van der Waals surface area contributed by atoms with E-state index in [4.69, 9.17) is 0 Å². The maximum Gasteiger partial charge on any atom is 0.136 e. The van der Waals surface area contributed by atoms with Gasteiger partial charge in [-0.3, -0.25) is 4.79 Å². The van der Waals surface area contributed by atoms with Crippen molar-refractivity contribution < 1.29 is 4.79 Å². The van der Waals surface area contributed by atoms with Gasteiger partial charge in [-0.2, -0.15) is 0 Å². The van der Waals surface area contributed by atoms with Gasteiger partial charge in [0.2, 0.25) is 0 Å². The zero-order valence-electron chi connectivity index (χ0n) is 7.79. The van der Waals surface area contributed by atoms with E-state index in [1.807, 2.05) is 6.92 Å². The molecule has 0 amide bonds. The Morgan fingerprint density at radius 3 is 2.58 bits per heavy atom. The Morgan fingerprint density at radius 1 is 1.42 bits per heavy atom. The number of fused-ring (bicyclic) bond motifs is 2. The van der Waals surface area contributed by atoms with Crippen LogP contribution < -0.4 is 0 Å². The summed E-state index contributed by atoms with van der Waals surface area (Å²) < 4.78 is 0. The molecule has 0 aromatic rings. The Bertz CT molecular complexity index is 229. The summed E-state index contributed by atoms with van der Waals surface area (Å²) in [5.41, 5.74) is 0. The predicted molar refractivity (Wildman–Crippen MR) is 48.7 cm³/mol. The first-order valence-electron chi connectivity index (χ1n) is 4.95. The lowest BCUT2D eigenvalue weighted by Crippen LogP contribution is -2.24. The van der Waals surface area contributed by atoms with Crippen LogP contribution in [-0.2, 0) is 4.79 Å². The van der Waals surface area contributed by atoms with Crippen molar-refractivity contribution >= 4 is 5.78 Å². The van der Waals surface area contributed by atoms with Crippen molar-refractivity contribution in [3.05, 3.63) is 12.2 Å². The smallest absolute Gasteiger partial charge is 0.136 e. The molecule has 0 aromatic carbocycles. The van der Waals surface area contributed by atoms with E-state index in [0.29, 0.717) is 35.9 Å². The highest BCUT2D eigenvalue weighted by Gasteiger charge is 2.44. The third-order valence-electron chi connectivity index (χ3n) is 3.57. The third-order valence-corrected chi connectivity index (χ3v) is 3.57. The van der Waals surface area contributed by atoms with E-state index in [2.05, 4.69) is 19.1 Å². The standard InChI is InChI=1S/C11H16O/c1-3-10(12)11-7(2)8-4-5-9(11)6-8/h4-5,7-9,11H,3,6H2,1-2H3/t7?,8-,9+,11?/m0/s1. The summed E-state index contributed by atoms with van der Waals surface area (Å²) in [7, 11) is 0. The van der Waals surface area contributed by atoms with Crippen molar-refractivity contribution in [1.82, 2.24) is 0 Å². The first-order valence-corrected chi connectivity index (χ1v) is 4.95. The second-order valence-corrected chi connectivity index (χ2v) is 4.15. The molecular formula is C11H16O. The van der Waals surface area contributed by atoms with Crippen molar-refractivity contribution in [3.8, 4) is 0 Å². The summed E-state index contributed by atoms with van der Waals surface area (Å²) in [5, 5.41) is 0. The zero-order chi connectivity index (χ0) is 8.72. The molecule has 2 aliphatic carbocycles. The molecule has 1 saturated carbocycles. The van der Waals surface area contributed by atoms with Crippen LogP contribution >= 0.6 is 0 Å². The summed E-state index contributed by atoms with van der Waals surface area (Å²) in [6.45, 7) is 4.21. The van der Waals surface area contributed by atoms with E-state index in [1.54, 1.807) is 0 Å². The average Bonchev–Trinajstić information content (AvgIpc) is 2.63. The fourth-order valence-corrected chi connectivity index (χ4v) is 2.84. The lowest BCUT2D eigenvalue weighted by Gasteiger charge is -2.22. The van der Waals surface area contributed by atoms with Crippen molar-refractivity contribution in [2.75, 3.05) is 0 Å². The van der Waals surface area contributed by atoms with Gasteiger partial charge in [0.25, 0.3) is 0 Å². The third kappa shape index (κ3) is 0.954. The molecule has 0 aromatic heterocycles. The van der Waals surface area contributed by atoms with Crippen LogP contribution in [0.1, 0.15) is 26.7 Å². The molecular weight excluding hydrogens is 148 g/mol. The van der Waals surface area contributed by atoms with Crippen molar-refractivity contribution in [3.63, 3.8) is 0 Å². The number of allylic oxidation sites excluding steroid dienone is 2. The number of hydrogen-bond acceptors (Lipinski definition) is 1. The fraction of sp³-hybridized carbons (Fsp3) is 0.727. The quantitative estimate of drug-likeness (QED) is 0.573. The van der Waals surface area contributed by atoms with Gasteiger partial charge in [-0.15, -0.1) is 0 Å². The van der Waals surface area contributed by atoms with Gasteiger partial charge in [-0.05, 0) is 24.2 Å². The maximum absolute atomic E-state index is 11.6. The van der Waals surface area contributed by atoms with Crippen LogP contribution in [0, 0.1) is 23.7 Å². The Labute approximate surface area is 73.8 Å². The topological polar surface area (TPSA) is 17.1 Å². The van der Waals surface area contributed by atoms with E-state index in [9.17, 15) is 4.79 Å². The van der Waals surface area contributed by atoms with Gasteiger partial charge in [0.05, 0.1) is 0 Å². The van der Waals surface area contributed by atoms with E-state index in [0.717, 1.165) is 0 Å². The number of carbonyl (C=O) groups is 1. The number of rotatable bonds is 2. The molecule has 0 aliphatic heterocycles. The summed E-state index contributed by atoms with van der Waals surface area (Å²) in [4.78, 5) is 11.6. The van der Waals surface area contributed by atoms with Gasteiger partial charge in [-0.1, -0.05) is 26.0 Å². The predicted octanol–water partition coefficient (Wildman–Crippen LogP) is 2.42. The summed E-state index contributed by atoms with van der Waals surface area (Å²) >= 11 is 0. The zero-order valence-corrected chi connectivity index (χ0v) is 7.79. The first-order chi connectivity index (χ1) is 5.74. The van der Waals surface area contributed by atoms with Crippen LogP contribution in [0.2, 0.25) is 0 Å². The lowest BCUT2D eigenvalue weighted by molar-refractivity contribution is -0.124. The van der Waals surface area contributed by atoms with E-state index in [-0.39, 0.29) is 0 Å². The maximum atomic E-state index is 11.6. The minimum atomic E-state index is 0.352. The second kappa shape index (κ2) is 2.72. The van der Waals surface area contributed by atoms with E-state index < -0.39 is 0 Å². The molecule has 1 nitrogen and oxygen atoms in total. The fourth-order valence-electron chi connectivity index (χ4n) is 2.84. The monoisotopic (exact) mass is 164 g/mol. The molecule has 0 heterocycles. The summed E-state index contributed by atoms with van der Waals surface area (Å²) in [5.74, 6) is 2.71. The molecule has 0 spiro atoms. The summed E-state index contributed by atoms with van der Waals surface area (Å²) in [6.07, 6.45) is 6.50. The van der Waals surface area contributed by atoms with Crippen molar-refractivity contribution in [2.24, 2.45) is 23.7 Å². The first kappa shape index (κ1) is 8.03. The Balaban J connectivity index is 2.18. The lowest BCUT2D eigenvalue weighted by atomic mass is 9.81. The van der Waals surface area contributed by atoms with Gasteiger partial charge < -0.3 is 0 Å². The van der Waals surface area contributed by atoms with Gasteiger partial charge in [0, 0.05) is 12.3 Å². The van der Waals surface area contributed by atoms with Crippen molar-refractivity contribution in [1.29, 1.82) is 0 Å². The highest BCUT2D eigenvalue weighted by molar-refractivity contribution is 5.82. The molecule has 1 heteroatoms. The molecule has 2 unspecified atom stereocenters. The van der Waals surface area contributed by atoms with Crippen LogP contribution in [0.25, 0.3) is 0 Å². The van der Waals surface area contributed by atoms with Crippen LogP contribution in [0.5, 0.6) is 0 Å². The number of hydrogen-bond donors (Lipinski definition) is 0. The molecule has 2 aliphatic rings. The Hall–Kier alpha value is -0.590. The number of carbonyl (C=O) groups excluding carboxylic acids is 1. The Kier molecular flexibility index (Phi) is 1.82. The number of Topliss-reactive ketones (excluding diaryl/α,β-unsaturated/α-hetero) is 1. The highest BCUT2D eigenvalue weighted by atomic mass is 16.1. The van der Waals surface area contributed by atoms with Crippen LogP contribution in [0.15, 0.2) is 12.2 Å². The highest BCUT2D eigenvalue weighted by Crippen LogP contribution is 2.48. The van der Waals surface area contributed by atoms with Gasteiger partial charge in [-0.25, -0.2) is 0 Å². The summed E-state index contributed by atoms with van der Waals surface area (Å²) in [6, 6.07) is 0. The molecule has 0 saturated heterocycles. The van der Waals surface area contributed by atoms with Gasteiger partial charge >= 0.3 is 0 Å². The molecule has 2 rings (SSSR count). The largest absolute Gasteiger partial charge is 0.299 e. The minimum absolute atomic E-state index is 0.352. The minimum Gasteiger partial charge on any atom is -0.299 e. The van der Waals surface area contributed by atoms with Crippen LogP contribution in [0.3, 0.4) is 0 Å². The van der Waals surface area contributed by atoms with Gasteiger partial charge in [0.15, 0.2) is 0 Å². The average molecular weight is 164 g/mol. The van der Waals surface area contributed by atoms with Crippen LogP contribution in [0.4, 0.5) is 0 Å². The second-order valence-electron chi connectivity index (χ2n) is 4.15. The van der Waals surface area contributed by atoms with Gasteiger partial charge in [0.1, 0.15) is 5.78 Å². The normalized spacial score (nSPS) is 43.8. The van der Waals surface area contributed by atoms with E-state index >= 15 is 0 Å². The molecule has 0 radical (unpaired) electrons. The number of ketones is 1. The molecule has 4 atom stereocenters. The molecule has 66 valence electrons. The van der Waals surface area contributed by atoms with Crippen molar-refractivity contribution in [2.45, 2.75) is 26.7 Å². The Morgan fingerprint density at radius 2 is 2.08 bits per heavy atom. The SMILES string of the molecule is CCC(=O)C1C(C)[C@H]2C=C[C@@H]1C2. The molecule has 2 bridgehead atoms. The van der Waals surface area contributed by atoms with E-state index in [1.165, 1.54) is 6.42 Å². The molecule has 0 N–H and O–H groups in total. The van der Waals surface area contributed by atoms with Crippen LogP contribution in [-0.4, -0.2) is 5.78 Å².